The summed E-state index contributed by atoms with van der Waals surface area (Å²) in [4.78, 5) is 4.49. The third-order valence-corrected chi connectivity index (χ3v) is 3.71. The molecule has 122 valence electrons. The molecule has 0 unspecified atom stereocenters. The number of nitrogens with one attached hydrogen (secondary N) is 2. The van der Waals surface area contributed by atoms with Crippen LogP contribution in [0.1, 0.15) is 30.9 Å². The van der Waals surface area contributed by atoms with E-state index in [9.17, 15) is 0 Å². The van der Waals surface area contributed by atoms with Crippen molar-refractivity contribution in [1.82, 2.24) is 15.2 Å². The minimum absolute atomic E-state index is 0.413. The lowest BCUT2D eigenvalue weighted by molar-refractivity contribution is 0.867. The number of hydrogen-bond donors (Lipinski definition) is 2. The predicted octanol–water partition coefficient (Wildman–Crippen LogP) is 4.79. The van der Waals surface area contributed by atoms with Crippen LogP contribution in [0.5, 0.6) is 0 Å². The van der Waals surface area contributed by atoms with Gasteiger partial charge in [-0.3, -0.25) is 0 Å². The van der Waals surface area contributed by atoms with Gasteiger partial charge < -0.3 is 10.6 Å². The highest BCUT2D eigenvalue weighted by molar-refractivity contribution is 5.61. The molecule has 1 aromatic heterocycles. The summed E-state index contributed by atoms with van der Waals surface area (Å²) in [5.74, 6) is 1.54. The van der Waals surface area contributed by atoms with Gasteiger partial charge in [-0.1, -0.05) is 49.7 Å². The van der Waals surface area contributed by atoms with E-state index in [0.717, 1.165) is 11.4 Å². The summed E-state index contributed by atoms with van der Waals surface area (Å²) in [7, 11) is 0. The average molecular weight is 319 g/mol. The molecule has 0 atom stereocenters. The standard InChI is InChI=1S/C19H21N5/c1-13(2)16-6-4-5-7-17(16)22-19-23-18(12-20-24-19)21-15-10-8-14(3)9-11-15/h4-13H,1-3H3,(H2,21,22,23,24). The second kappa shape index (κ2) is 7.08. The van der Waals surface area contributed by atoms with Crippen LogP contribution in [-0.4, -0.2) is 15.2 Å². The lowest BCUT2D eigenvalue weighted by atomic mass is 10.0. The molecule has 1 heterocycles. The molecule has 3 aromatic rings. The first-order valence-electron chi connectivity index (χ1n) is 8.01. The average Bonchev–Trinajstić information content (AvgIpc) is 2.58. The molecule has 2 N–H and O–H groups in total. The van der Waals surface area contributed by atoms with Crippen LogP contribution in [0.3, 0.4) is 0 Å². The van der Waals surface area contributed by atoms with E-state index in [2.05, 4.69) is 64.8 Å². The minimum atomic E-state index is 0.413. The maximum Gasteiger partial charge on any atom is 0.249 e. The van der Waals surface area contributed by atoms with Gasteiger partial charge in [0.2, 0.25) is 5.95 Å². The number of aryl methyl sites for hydroxylation is 1. The molecule has 0 amide bonds. The largest absolute Gasteiger partial charge is 0.339 e. The molecule has 3 rings (SSSR count). The zero-order valence-electron chi connectivity index (χ0n) is 14.1. The van der Waals surface area contributed by atoms with E-state index in [4.69, 9.17) is 0 Å². The SMILES string of the molecule is Cc1ccc(Nc2cnnc(Nc3ccccc3C(C)C)n2)cc1. The Hall–Kier alpha value is -2.95. The third-order valence-electron chi connectivity index (χ3n) is 3.71. The number of anilines is 4. The molecule has 24 heavy (non-hydrogen) atoms. The maximum atomic E-state index is 4.49. The zero-order chi connectivity index (χ0) is 16.9. The van der Waals surface area contributed by atoms with Crippen LogP contribution in [0.15, 0.2) is 54.7 Å². The Morgan fingerprint density at radius 3 is 2.42 bits per heavy atom. The van der Waals surface area contributed by atoms with Crippen molar-refractivity contribution in [2.45, 2.75) is 26.7 Å². The first-order valence-corrected chi connectivity index (χ1v) is 8.01. The Bertz CT molecular complexity index is 812. The van der Waals surface area contributed by atoms with Crippen LogP contribution in [0.4, 0.5) is 23.1 Å². The molecule has 5 heteroatoms. The molecule has 0 bridgehead atoms. The lowest BCUT2D eigenvalue weighted by Crippen LogP contribution is -2.04. The van der Waals surface area contributed by atoms with Crippen molar-refractivity contribution in [3.63, 3.8) is 0 Å². The fraction of sp³-hybridized carbons (Fsp3) is 0.211. The van der Waals surface area contributed by atoms with E-state index in [1.807, 2.05) is 30.3 Å². The van der Waals surface area contributed by atoms with E-state index < -0.39 is 0 Å². The van der Waals surface area contributed by atoms with Gasteiger partial charge >= 0.3 is 0 Å². The van der Waals surface area contributed by atoms with Crippen molar-refractivity contribution in [3.8, 4) is 0 Å². The molecule has 0 aliphatic heterocycles. The number of rotatable bonds is 5. The van der Waals surface area contributed by atoms with Crippen LogP contribution >= 0.6 is 0 Å². The minimum Gasteiger partial charge on any atom is -0.339 e. The quantitative estimate of drug-likeness (QED) is 0.708. The summed E-state index contributed by atoms with van der Waals surface area (Å²) in [6.07, 6.45) is 1.61. The first kappa shape index (κ1) is 15.9. The molecule has 5 nitrogen and oxygen atoms in total. The zero-order valence-corrected chi connectivity index (χ0v) is 14.1. The van der Waals surface area contributed by atoms with Gasteiger partial charge in [0, 0.05) is 11.4 Å². The van der Waals surface area contributed by atoms with Crippen molar-refractivity contribution < 1.29 is 0 Å². The van der Waals surface area contributed by atoms with Gasteiger partial charge in [0.15, 0.2) is 5.82 Å². The van der Waals surface area contributed by atoms with E-state index in [0.29, 0.717) is 17.7 Å². The van der Waals surface area contributed by atoms with E-state index >= 15 is 0 Å². The second-order valence-corrected chi connectivity index (χ2v) is 6.02. The van der Waals surface area contributed by atoms with Crippen molar-refractivity contribution >= 4 is 23.1 Å². The van der Waals surface area contributed by atoms with Crippen molar-refractivity contribution in [2.75, 3.05) is 10.6 Å². The van der Waals surface area contributed by atoms with Gasteiger partial charge in [-0.25, -0.2) is 0 Å². The number of benzene rings is 2. The summed E-state index contributed by atoms with van der Waals surface area (Å²) in [5, 5.41) is 14.6. The fourth-order valence-electron chi connectivity index (χ4n) is 2.44. The molecule has 0 saturated carbocycles. The van der Waals surface area contributed by atoms with Crippen LogP contribution in [0.25, 0.3) is 0 Å². The summed E-state index contributed by atoms with van der Waals surface area (Å²) < 4.78 is 0. The summed E-state index contributed by atoms with van der Waals surface area (Å²) in [6.45, 7) is 6.38. The highest BCUT2D eigenvalue weighted by Crippen LogP contribution is 2.26. The normalized spacial score (nSPS) is 10.7. The molecule has 0 spiro atoms. The van der Waals surface area contributed by atoms with Gasteiger partial charge in [0.25, 0.3) is 0 Å². The molecule has 2 aromatic carbocycles. The van der Waals surface area contributed by atoms with Crippen LogP contribution < -0.4 is 10.6 Å². The summed E-state index contributed by atoms with van der Waals surface area (Å²) >= 11 is 0. The summed E-state index contributed by atoms with van der Waals surface area (Å²) in [5.41, 5.74) is 4.41. The van der Waals surface area contributed by atoms with Crippen LogP contribution in [0.2, 0.25) is 0 Å². The Morgan fingerprint density at radius 2 is 1.67 bits per heavy atom. The Kier molecular flexibility index (Phi) is 4.70. The lowest BCUT2D eigenvalue weighted by Gasteiger charge is -2.13. The first-order chi connectivity index (χ1) is 11.6. The maximum absolute atomic E-state index is 4.49. The molecule has 0 fully saturated rings. The Morgan fingerprint density at radius 1 is 0.917 bits per heavy atom. The molecule has 0 aliphatic carbocycles. The molecular weight excluding hydrogens is 298 g/mol. The highest BCUT2D eigenvalue weighted by Gasteiger charge is 2.08. The van der Waals surface area contributed by atoms with Crippen LogP contribution in [-0.2, 0) is 0 Å². The second-order valence-electron chi connectivity index (χ2n) is 6.02. The van der Waals surface area contributed by atoms with Gasteiger partial charge in [-0.05, 0) is 36.6 Å². The van der Waals surface area contributed by atoms with E-state index in [1.54, 1.807) is 6.20 Å². The van der Waals surface area contributed by atoms with Crippen molar-refractivity contribution in [3.05, 3.63) is 65.9 Å². The number of aromatic nitrogens is 3. The molecule has 0 saturated heterocycles. The predicted molar refractivity (Wildman–Crippen MR) is 98.1 cm³/mol. The smallest absolute Gasteiger partial charge is 0.249 e. The van der Waals surface area contributed by atoms with Gasteiger partial charge in [-0.15, -0.1) is 5.10 Å². The molecule has 0 radical (unpaired) electrons. The Labute approximate surface area is 142 Å². The van der Waals surface area contributed by atoms with Gasteiger partial charge in [0.1, 0.15) is 0 Å². The topological polar surface area (TPSA) is 62.7 Å². The summed E-state index contributed by atoms with van der Waals surface area (Å²) in [6, 6.07) is 16.3. The fourth-order valence-corrected chi connectivity index (χ4v) is 2.44. The Balaban J connectivity index is 1.80. The van der Waals surface area contributed by atoms with Crippen LogP contribution in [0, 0.1) is 6.92 Å². The number of hydrogen-bond acceptors (Lipinski definition) is 5. The molecule has 0 aliphatic rings. The van der Waals surface area contributed by atoms with E-state index in [1.165, 1.54) is 11.1 Å². The highest BCUT2D eigenvalue weighted by atomic mass is 15.3. The van der Waals surface area contributed by atoms with Gasteiger partial charge in [-0.2, -0.15) is 10.1 Å². The number of para-hydroxylation sites is 1. The van der Waals surface area contributed by atoms with Crippen molar-refractivity contribution in [1.29, 1.82) is 0 Å². The van der Waals surface area contributed by atoms with Crippen molar-refractivity contribution in [2.24, 2.45) is 0 Å². The third kappa shape index (κ3) is 3.87. The number of nitrogens with zero attached hydrogens (tertiary/aromatic N) is 3. The van der Waals surface area contributed by atoms with E-state index in [-0.39, 0.29) is 0 Å². The molecular formula is C19H21N5. The van der Waals surface area contributed by atoms with Gasteiger partial charge in [0.05, 0.1) is 6.20 Å². The monoisotopic (exact) mass is 319 g/mol.